The first-order chi connectivity index (χ1) is 10.1. The van der Waals surface area contributed by atoms with Crippen molar-refractivity contribution in [2.45, 2.75) is 13.8 Å². The summed E-state index contributed by atoms with van der Waals surface area (Å²) in [6.45, 7) is 4.00. The second kappa shape index (κ2) is 7.96. The van der Waals surface area contributed by atoms with Gasteiger partial charge in [-0.1, -0.05) is 44.2 Å². The molecule has 6 heteroatoms. The van der Waals surface area contributed by atoms with E-state index in [4.69, 9.17) is 10.6 Å². The normalized spacial score (nSPS) is 9.52. The summed E-state index contributed by atoms with van der Waals surface area (Å²) in [6, 6.07) is 9.44. The van der Waals surface area contributed by atoms with Crippen LogP contribution in [0.1, 0.15) is 24.3 Å². The Bertz CT molecular complexity index is 587. The lowest BCUT2D eigenvalue weighted by Gasteiger charge is -2.14. The molecule has 0 aliphatic heterocycles. The lowest BCUT2D eigenvalue weighted by molar-refractivity contribution is -0.0759. The number of hydroxylamine groups is 2. The van der Waals surface area contributed by atoms with Crippen molar-refractivity contribution in [2.75, 3.05) is 19.9 Å². The van der Waals surface area contributed by atoms with E-state index in [0.29, 0.717) is 5.69 Å². The molecular weight excluding hydrogens is 268 g/mol. The van der Waals surface area contributed by atoms with Gasteiger partial charge in [-0.15, -0.1) is 0 Å². The molecule has 1 aromatic heterocycles. The highest BCUT2D eigenvalue weighted by Gasteiger charge is 2.18. The fourth-order valence-electron chi connectivity index (χ4n) is 1.54. The zero-order valence-electron chi connectivity index (χ0n) is 12.7. The number of aromatic nitrogens is 2. The van der Waals surface area contributed by atoms with E-state index in [1.165, 1.54) is 20.4 Å². The molecule has 2 rings (SSSR count). The minimum Gasteiger partial charge on any atom is -0.382 e. The maximum atomic E-state index is 12.0. The van der Waals surface area contributed by atoms with E-state index in [9.17, 15) is 4.79 Å². The van der Waals surface area contributed by atoms with Gasteiger partial charge in [-0.25, -0.2) is 15.0 Å². The predicted octanol–water partition coefficient (Wildman–Crippen LogP) is 2.39. The van der Waals surface area contributed by atoms with E-state index in [1.54, 1.807) is 0 Å². The zero-order chi connectivity index (χ0) is 15.8. The molecule has 0 saturated heterocycles. The number of hydrogen-bond acceptors (Lipinski definition) is 5. The average Bonchev–Trinajstić information content (AvgIpc) is 2.56. The monoisotopic (exact) mass is 288 g/mol. The summed E-state index contributed by atoms with van der Waals surface area (Å²) in [4.78, 5) is 25.1. The van der Waals surface area contributed by atoms with Gasteiger partial charge in [-0.2, -0.15) is 0 Å². The van der Waals surface area contributed by atoms with Gasteiger partial charge in [0.2, 0.25) is 0 Å². The molecule has 2 aromatic rings. The molecule has 1 heterocycles. The number of carbonyl (C=O) groups excluding carboxylic acids is 1. The quantitative estimate of drug-likeness (QED) is 0.877. The first-order valence-corrected chi connectivity index (χ1v) is 6.63. The summed E-state index contributed by atoms with van der Waals surface area (Å²) in [5.41, 5.74) is 7.21. The van der Waals surface area contributed by atoms with Crippen LogP contribution in [0.15, 0.2) is 36.5 Å². The molecule has 0 aliphatic rings. The summed E-state index contributed by atoms with van der Waals surface area (Å²) in [7, 11) is 2.88. The van der Waals surface area contributed by atoms with Crippen LogP contribution in [0.25, 0.3) is 11.3 Å². The Morgan fingerprint density at radius 2 is 1.86 bits per heavy atom. The van der Waals surface area contributed by atoms with Gasteiger partial charge in [0.1, 0.15) is 0 Å². The summed E-state index contributed by atoms with van der Waals surface area (Å²) in [5, 5.41) is 1.05. The van der Waals surface area contributed by atoms with E-state index in [1.807, 2.05) is 44.2 Å². The molecule has 0 unspecified atom stereocenters. The smallest absolute Gasteiger partial charge is 0.299 e. The molecular formula is C15H20N4O2. The van der Waals surface area contributed by atoms with Crippen molar-refractivity contribution in [3.8, 4) is 11.3 Å². The Kier molecular flexibility index (Phi) is 6.29. The van der Waals surface area contributed by atoms with Gasteiger partial charge in [0.15, 0.2) is 11.5 Å². The second-order valence-electron chi connectivity index (χ2n) is 3.84. The van der Waals surface area contributed by atoms with Gasteiger partial charge in [0.25, 0.3) is 5.91 Å². The van der Waals surface area contributed by atoms with Crippen molar-refractivity contribution in [1.82, 2.24) is 15.0 Å². The Labute approximate surface area is 124 Å². The Morgan fingerprint density at radius 3 is 2.43 bits per heavy atom. The third kappa shape index (κ3) is 4.00. The molecule has 0 saturated carbocycles. The van der Waals surface area contributed by atoms with Crippen molar-refractivity contribution >= 4 is 11.7 Å². The van der Waals surface area contributed by atoms with Crippen LogP contribution in [-0.2, 0) is 4.84 Å². The average molecular weight is 288 g/mol. The molecule has 112 valence electrons. The van der Waals surface area contributed by atoms with Crippen molar-refractivity contribution in [1.29, 1.82) is 0 Å². The molecule has 21 heavy (non-hydrogen) atoms. The predicted molar refractivity (Wildman–Crippen MR) is 82.3 cm³/mol. The summed E-state index contributed by atoms with van der Waals surface area (Å²) >= 11 is 0. The van der Waals surface area contributed by atoms with Crippen LogP contribution in [0.3, 0.4) is 0 Å². The number of benzene rings is 1. The maximum Gasteiger partial charge on any atom is 0.299 e. The van der Waals surface area contributed by atoms with Gasteiger partial charge in [0, 0.05) is 12.6 Å². The standard InChI is InChI=1S/C13H14N4O2.C2H6/c1-17(19-2)13(18)11-12(14)15-8-10(16-11)9-6-4-3-5-7-9;1-2/h3-8H,1-2H3,(H2,14,15);1-2H3. The highest BCUT2D eigenvalue weighted by molar-refractivity contribution is 5.96. The summed E-state index contributed by atoms with van der Waals surface area (Å²) in [6.07, 6.45) is 1.54. The number of nitrogens with zero attached hydrogens (tertiary/aromatic N) is 3. The van der Waals surface area contributed by atoms with Crippen LogP contribution in [0, 0.1) is 0 Å². The lowest BCUT2D eigenvalue weighted by Crippen LogP contribution is -2.27. The molecule has 6 nitrogen and oxygen atoms in total. The van der Waals surface area contributed by atoms with Gasteiger partial charge in [-0.05, 0) is 0 Å². The molecule has 0 atom stereocenters. The zero-order valence-corrected chi connectivity index (χ0v) is 12.7. The summed E-state index contributed by atoms with van der Waals surface area (Å²) < 4.78 is 0. The van der Waals surface area contributed by atoms with Crippen LogP contribution < -0.4 is 5.73 Å². The van der Waals surface area contributed by atoms with Crippen LogP contribution in [-0.4, -0.2) is 35.1 Å². The highest BCUT2D eigenvalue weighted by Crippen LogP contribution is 2.18. The Morgan fingerprint density at radius 1 is 1.24 bits per heavy atom. The third-order valence-corrected chi connectivity index (χ3v) is 2.63. The topological polar surface area (TPSA) is 81.3 Å². The molecule has 0 spiro atoms. The number of amides is 1. The number of hydrogen-bond donors (Lipinski definition) is 1. The fraction of sp³-hybridized carbons (Fsp3) is 0.267. The highest BCUT2D eigenvalue weighted by atomic mass is 16.7. The van der Waals surface area contributed by atoms with Crippen LogP contribution in [0.5, 0.6) is 0 Å². The third-order valence-electron chi connectivity index (χ3n) is 2.63. The first kappa shape index (κ1) is 16.6. The molecule has 0 bridgehead atoms. The number of anilines is 1. The molecule has 0 aliphatic carbocycles. The van der Waals surface area contributed by atoms with Crippen LogP contribution in [0.2, 0.25) is 0 Å². The van der Waals surface area contributed by atoms with Crippen molar-refractivity contribution < 1.29 is 9.63 Å². The minimum atomic E-state index is -0.440. The van der Waals surface area contributed by atoms with Gasteiger partial charge >= 0.3 is 0 Å². The SMILES string of the molecule is CC.CON(C)C(=O)c1nc(-c2ccccc2)cnc1N. The molecule has 0 fully saturated rings. The largest absolute Gasteiger partial charge is 0.382 e. The van der Waals surface area contributed by atoms with Crippen LogP contribution in [0.4, 0.5) is 5.82 Å². The van der Waals surface area contributed by atoms with E-state index in [0.717, 1.165) is 10.6 Å². The first-order valence-electron chi connectivity index (χ1n) is 6.63. The van der Waals surface area contributed by atoms with Crippen LogP contribution >= 0.6 is 0 Å². The number of rotatable bonds is 3. The Hall–Kier alpha value is -2.47. The maximum absolute atomic E-state index is 12.0. The van der Waals surface area contributed by atoms with E-state index in [2.05, 4.69) is 9.97 Å². The lowest BCUT2D eigenvalue weighted by atomic mass is 10.1. The van der Waals surface area contributed by atoms with E-state index < -0.39 is 5.91 Å². The van der Waals surface area contributed by atoms with E-state index in [-0.39, 0.29) is 11.5 Å². The van der Waals surface area contributed by atoms with Gasteiger partial charge in [-0.3, -0.25) is 9.63 Å². The molecule has 1 aromatic carbocycles. The summed E-state index contributed by atoms with van der Waals surface area (Å²) in [5.74, 6) is -0.362. The molecule has 2 N–H and O–H groups in total. The molecule has 1 amide bonds. The van der Waals surface area contributed by atoms with Gasteiger partial charge < -0.3 is 5.73 Å². The Balaban J connectivity index is 0.00000106. The molecule has 0 radical (unpaired) electrons. The number of nitrogen functional groups attached to an aromatic ring is 1. The van der Waals surface area contributed by atoms with Crippen molar-refractivity contribution in [3.05, 3.63) is 42.2 Å². The van der Waals surface area contributed by atoms with Crippen molar-refractivity contribution in [3.63, 3.8) is 0 Å². The number of nitrogens with two attached hydrogens (primary N) is 1. The van der Waals surface area contributed by atoms with Crippen molar-refractivity contribution in [2.24, 2.45) is 0 Å². The second-order valence-corrected chi connectivity index (χ2v) is 3.84. The van der Waals surface area contributed by atoms with E-state index >= 15 is 0 Å². The fourth-order valence-corrected chi connectivity index (χ4v) is 1.54. The number of carbonyl (C=O) groups is 1. The minimum absolute atomic E-state index is 0.0747. The van der Waals surface area contributed by atoms with Gasteiger partial charge in [0.05, 0.1) is 19.0 Å².